The summed E-state index contributed by atoms with van der Waals surface area (Å²) in [5.74, 6) is 0. The number of aliphatic hydroxyl groups is 1. The van der Waals surface area contributed by atoms with Crippen LogP contribution in [0.4, 0.5) is 0 Å². The highest BCUT2D eigenvalue weighted by molar-refractivity contribution is 5.84. The zero-order chi connectivity index (χ0) is 14.8. The molecule has 20 heavy (non-hydrogen) atoms. The Morgan fingerprint density at radius 3 is 2.25 bits per heavy atom. The zero-order valence-corrected chi connectivity index (χ0v) is 13.0. The van der Waals surface area contributed by atoms with Crippen molar-refractivity contribution in [2.24, 2.45) is 4.99 Å². The third-order valence-electron chi connectivity index (χ3n) is 3.78. The van der Waals surface area contributed by atoms with E-state index in [1.807, 2.05) is 12.3 Å². The van der Waals surface area contributed by atoms with Crippen molar-refractivity contribution in [3.63, 3.8) is 0 Å². The fourth-order valence-electron chi connectivity index (χ4n) is 2.34. The van der Waals surface area contributed by atoms with Gasteiger partial charge in [-0.15, -0.1) is 0 Å². The second kappa shape index (κ2) is 9.86. The molecule has 1 heterocycles. The van der Waals surface area contributed by atoms with Crippen LogP contribution in [0.3, 0.4) is 0 Å². The smallest absolute Gasteiger partial charge is 0.0558 e. The Kier molecular flexibility index (Phi) is 8.42. The minimum absolute atomic E-state index is 0.253. The standard InChI is InChI=1S/C16H29N3O/c1-4-15(13-17-16(5-2)6-3)14-19-9-7-18(8-10-19)11-12-20/h4,13,20H,1,5-12,14H2,2-3H3/b15-13+. The first-order valence-electron chi connectivity index (χ1n) is 7.66. The van der Waals surface area contributed by atoms with Crippen LogP contribution in [0, 0.1) is 0 Å². The van der Waals surface area contributed by atoms with Gasteiger partial charge in [0.05, 0.1) is 6.61 Å². The van der Waals surface area contributed by atoms with Gasteiger partial charge in [-0.3, -0.25) is 14.8 Å². The van der Waals surface area contributed by atoms with E-state index >= 15 is 0 Å². The van der Waals surface area contributed by atoms with Gasteiger partial charge in [-0.1, -0.05) is 26.5 Å². The summed E-state index contributed by atoms with van der Waals surface area (Å²) in [6.45, 7) is 14.3. The second-order valence-corrected chi connectivity index (χ2v) is 5.15. The molecule has 0 saturated carbocycles. The Bertz CT molecular complexity index is 336. The fourth-order valence-corrected chi connectivity index (χ4v) is 2.34. The molecule has 4 nitrogen and oxygen atoms in total. The minimum atomic E-state index is 0.253. The van der Waals surface area contributed by atoms with Crippen molar-refractivity contribution in [1.29, 1.82) is 0 Å². The molecule has 0 aromatic carbocycles. The van der Waals surface area contributed by atoms with Crippen molar-refractivity contribution in [2.45, 2.75) is 26.7 Å². The number of aliphatic hydroxyl groups excluding tert-OH is 1. The molecule has 0 aliphatic carbocycles. The predicted molar refractivity (Wildman–Crippen MR) is 86.3 cm³/mol. The fraction of sp³-hybridized carbons (Fsp3) is 0.688. The molecule has 1 saturated heterocycles. The largest absolute Gasteiger partial charge is 0.395 e. The van der Waals surface area contributed by atoms with Crippen molar-refractivity contribution < 1.29 is 5.11 Å². The Labute approximate surface area is 123 Å². The third kappa shape index (κ3) is 5.99. The number of rotatable bonds is 8. The first-order chi connectivity index (χ1) is 9.73. The molecule has 0 bridgehead atoms. The van der Waals surface area contributed by atoms with Crippen LogP contribution in [-0.2, 0) is 0 Å². The Morgan fingerprint density at radius 1 is 1.15 bits per heavy atom. The SMILES string of the molecule is C=C/C(=C\N=C(CC)CC)CN1CCN(CCO)CC1. The van der Waals surface area contributed by atoms with Crippen LogP contribution in [0.1, 0.15) is 26.7 Å². The number of β-amino-alcohol motifs (C(OH)–C–C–N with tert-alkyl or cyclic N) is 1. The molecular formula is C16H29N3O. The average molecular weight is 279 g/mol. The lowest BCUT2D eigenvalue weighted by Crippen LogP contribution is -2.47. The number of hydrogen-bond acceptors (Lipinski definition) is 4. The van der Waals surface area contributed by atoms with Gasteiger partial charge in [0.15, 0.2) is 0 Å². The number of aliphatic imine (C=N–C) groups is 1. The maximum Gasteiger partial charge on any atom is 0.0558 e. The highest BCUT2D eigenvalue weighted by Gasteiger charge is 2.16. The van der Waals surface area contributed by atoms with Crippen molar-refractivity contribution in [2.75, 3.05) is 45.9 Å². The summed E-state index contributed by atoms with van der Waals surface area (Å²) in [5, 5.41) is 8.94. The third-order valence-corrected chi connectivity index (χ3v) is 3.78. The van der Waals surface area contributed by atoms with E-state index in [1.54, 1.807) is 0 Å². The second-order valence-electron chi connectivity index (χ2n) is 5.15. The van der Waals surface area contributed by atoms with Gasteiger partial charge in [0.25, 0.3) is 0 Å². The van der Waals surface area contributed by atoms with Gasteiger partial charge in [0.1, 0.15) is 0 Å². The van der Waals surface area contributed by atoms with E-state index in [0.29, 0.717) is 0 Å². The summed E-state index contributed by atoms with van der Waals surface area (Å²) in [7, 11) is 0. The van der Waals surface area contributed by atoms with Gasteiger partial charge in [0.2, 0.25) is 0 Å². The zero-order valence-electron chi connectivity index (χ0n) is 13.0. The van der Waals surface area contributed by atoms with Crippen molar-refractivity contribution >= 4 is 5.71 Å². The van der Waals surface area contributed by atoms with E-state index < -0.39 is 0 Å². The van der Waals surface area contributed by atoms with Gasteiger partial charge < -0.3 is 5.11 Å². The predicted octanol–water partition coefficient (Wildman–Crippen LogP) is 1.93. The molecule has 1 N–H and O–H groups in total. The lowest BCUT2D eigenvalue weighted by molar-refractivity contribution is 0.119. The molecule has 1 aliphatic heterocycles. The summed E-state index contributed by atoms with van der Waals surface area (Å²) in [6.07, 6.45) is 5.90. The molecule has 0 radical (unpaired) electrons. The summed E-state index contributed by atoms with van der Waals surface area (Å²) in [6, 6.07) is 0. The van der Waals surface area contributed by atoms with Gasteiger partial charge in [-0.2, -0.15) is 0 Å². The van der Waals surface area contributed by atoms with E-state index in [4.69, 9.17) is 5.11 Å². The van der Waals surface area contributed by atoms with Gasteiger partial charge in [-0.05, 0) is 18.4 Å². The maximum absolute atomic E-state index is 8.94. The van der Waals surface area contributed by atoms with Crippen molar-refractivity contribution in [1.82, 2.24) is 9.80 Å². The lowest BCUT2D eigenvalue weighted by Gasteiger charge is -2.34. The van der Waals surface area contributed by atoms with Crippen LogP contribution in [0.5, 0.6) is 0 Å². The summed E-state index contributed by atoms with van der Waals surface area (Å²) in [5.41, 5.74) is 2.41. The topological polar surface area (TPSA) is 39.1 Å². The number of piperazine rings is 1. The normalized spacial score (nSPS) is 18.1. The summed E-state index contributed by atoms with van der Waals surface area (Å²) >= 11 is 0. The van der Waals surface area contributed by atoms with Gasteiger partial charge in [0, 0.05) is 51.2 Å². The number of hydrogen-bond donors (Lipinski definition) is 1. The molecule has 0 aromatic heterocycles. The molecule has 114 valence electrons. The van der Waals surface area contributed by atoms with Crippen LogP contribution in [0.15, 0.2) is 29.4 Å². The molecule has 1 rings (SSSR count). The summed E-state index contributed by atoms with van der Waals surface area (Å²) in [4.78, 5) is 9.28. The molecule has 0 aromatic rings. The molecule has 0 atom stereocenters. The van der Waals surface area contributed by atoms with Crippen molar-refractivity contribution in [3.05, 3.63) is 24.4 Å². The first kappa shape index (κ1) is 17.1. The molecule has 0 amide bonds. The molecule has 4 heteroatoms. The molecular weight excluding hydrogens is 250 g/mol. The maximum atomic E-state index is 8.94. The van der Waals surface area contributed by atoms with E-state index in [1.165, 1.54) is 11.3 Å². The Morgan fingerprint density at radius 2 is 1.75 bits per heavy atom. The van der Waals surface area contributed by atoms with E-state index in [2.05, 4.69) is 35.2 Å². The van der Waals surface area contributed by atoms with E-state index in [-0.39, 0.29) is 6.61 Å². The molecule has 1 aliphatic rings. The average Bonchev–Trinajstić information content (AvgIpc) is 2.49. The van der Waals surface area contributed by atoms with E-state index in [9.17, 15) is 0 Å². The van der Waals surface area contributed by atoms with Crippen molar-refractivity contribution in [3.8, 4) is 0 Å². The monoisotopic (exact) mass is 279 g/mol. The molecule has 0 spiro atoms. The first-order valence-corrected chi connectivity index (χ1v) is 7.66. The lowest BCUT2D eigenvalue weighted by atomic mass is 10.2. The molecule has 0 unspecified atom stereocenters. The minimum Gasteiger partial charge on any atom is -0.395 e. The Hall–Kier alpha value is -0.970. The molecule has 1 fully saturated rings. The van der Waals surface area contributed by atoms with Gasteiger partial charge in [-0.25, -0.2) is 0 Å². The number of nitrogens with zero attached hydrogens (tertiary/aromatic N) is 3. The van der Waals surface area contributed by atoms with Gasteiger partial charge >= 0.3 is 0 Å². The van der Waals surface area contributed by atoms with Crippen LogP contribution in [0.25, 0.3) is 0 Å². The highest BCUT2D eigenvalue weighted by Crippen LogP contribution is 2.07. The quantitative estimate of drug-likeness (QED) is 0.545. The van der Waals surface area contributed by atoms with E-state index in [0.717, 1.165) is 52.1 Å². The van der Waals surface area contributed by atoms with Crippen LogP contribution in [-0.4, -0.2) is 66.5 Å². The van der Waals surface area contributed by atoms with Crippen LogP contribution < -0.4 is 0 Å². The Balaban J connectivity index is 2.47. The van der Waals surface area contributed by atoms with Crippen LogP contribution in [0.2, 0.25) is 0 Å². The highest BCUT2D eigenvalue weighted by atomic mass is 16.3. The van der Waals surface area contributed by atoms with Crippen LogP contribution >= 0.6 is 0 Å². The summed E-state index contributed by atoms with van der Waals surface area (Å²) < 4.78 is 0.